The van der Waals surface area contributed by atoms with Crippen LogP contribution in [0.25, 0.3) is 10.8 Å². The zero-order chi connectivity index (χ0) is 15.1. The lowest BCUT2D eigenvalue weighted by molar-refractivity contribution is 0.368. The molecule has 114 valence electrons. The van der Waals surface area contributed by atoms with Crippen molar-refractivity contribution in [1.29, 1.82) is 0 Å². The number of hydrogen-bond donors (Lipinski definition) is 1. The first-order valence-electron chi connectivity index (χ1n) is 8.48. The molecule has 0 aromatic heterocycles. The van der Waals surface area contributed by atoms with Crippen LogP contribution in [0.1, 0.15) is 45.6 Å². The molecule has 0 aliphatic carbocycles. The molecule has 2 aromatic carbocycles. The fourth-order valence-electron chi connectivity index (χ4n) is 3.29. The number of nitrogens with one attached hydrogen (secondary N) is 1. The third-order valence-corrected chi connectivity index (χ3v) is 4.61. The molecule has 21 heavy (non-hydrogen) atoms. The van der Waals surface area contributed by atoms with Gasteiger partial charge in [-0.05, 0) is 41.6 Å². The summed E-state index contributed by atoms with van der Waals surface area (Å²) in [6.45, 7) is 7.89. The Balaban J connectivity index is 2.18. The Morgan fingerprint density at radius 3 is 2.33 bits per heavy atom. The van der Waals surface area contributed by atoms with Crippen molar-refractivity contribution in [1.82, 2.24) is 5.32 Å². The van der Waals surface area contributed by atoms with Gasteiger partial charge in [-0.1, -0.05) is 76.1 Å². The van der Waals surface area contributed by atoms with Gasteiger partial charge in [0.25, 0.3) is 0 Å². The molecule has 1 unspecified atom stereocenters. The summed E-state index contributed by atoms with van der Waals surface area (Å²) < 4.78 is 0. The molecule has 1 heteroatoms. The zero-order valence-electron chi connectivity index (χ0n) is 13.7. The number of hydrogen-bond acceptors (Lipinski definition) is 1. The smallest absolute Gasteiger partial charge is 0.0110 e. The summed E-state index contributed by atoms with van der Waals surface area (Å²) in [7, 11) is 0. The van der Waals surface area contributed by atoms with E-state index in [1.807, 2.05) is 0 Å². The third kappa shape index (κ3) is 4.31. The van der Waals surface area contributed by atoms with E-state index in [0.717, 1.165) is 18.9 Å². The summed E-state index contributed by atoms with van der Waals surface area (Å²) in [6, 6.07) is 16.0. The van der Waals surface area contributed by atoms with Crippen molar-refractivity contribution in [2.75, 3.05) is 6.54 Å². The lowest BCUT2D eigenvalue weighted by Crippen LogP contribution is -2.33. The molecule has 0 aliphatic rings. The lowest BCUT2D eigenvalue weighted by atomic mass is 9.90. The van der Waals surface area contributed by atoms with Crippen molar-refractivity contribution in [3.63, 3.8) is 0 Å². The topological polar surface area (TPSA) is 12.0 Å². The fraction of sp³-hybridized carbons (Fsp3) is 0.500. The van der Waals surface area contributed by atoms with E-state index < -0.39 is 0 Å². The van der Waals surface area contributed by atoms with Crippen LogP contribution in [0.3, 0.4) is 0 Å². The van der Waals surface area contributed by atoms with Crippen molar-refractivity contribution in [3.8, 4) is 0 Å². The standard InChI is InChI=1S/C20H29N/c1-4-16(5-2)14-19(21-6-3)15-18-12-9-11-17-10-7-8-13-20(17)18/h7-13,16,19,21H,4-6,14-15H2,1-3H3. The molecule has 0 saturated carbocycles. The number of rotatable bonds is 8. The van der Waals surface area contributed by atoms with Gasteiger partial charge in [0, 0.05) is 6.04 Å². The van der Waals surface area contributed by atoms with Crippen molar-refractivity contribution in [2.24, 2.45) is 5.92 Å². The molecule has 2 aromatic rings. The molecule has 1 atom stereocenters. The predicted molar refractivity (Wildman–Crippen MR) is 93.8 cm³/mol. The fourth-order valence-corrected chi connectivity index (χ4v) is 3.29. The van der Waals surface area contributed by atoms with Gasteiger partial charge in [0.15, 0.2) is 0 Å². The zero-order valence-corrected chi connectivity index (χ0v) is 13.7. The Morgan fingerprint density at radius 1 is 0.905 bits per heavy atom. The summed E-state index contributed by atoms with van der Waals surface area (Å²) in [5.74, 6) is 0.837. The highest BCUT2D eigenvalue weighted by Crippen LogP contribution is 2.23. The Bertz CT molecular complexity index is 537. The second-order valence-electron chi connectivity index (χ2n) is 6.02. The monoisotopic (exact) mass is 283 g/mol. The molecule has 0 aliphatic heterocycles. The number of benzene rings is 2. The van der Waals surface area contributed by atoms with E-state index in [1.165, 1.54) is 35.6 Å². The van der Waals surface area contributed by atoms with Crippen LogP contribution in [0.2, 0.25) is 0 Å². The first kappa shape index (κ1) is 16.0. The van der Waals surface area contributed by atoms with Gasteiger partial charge in [-0.15, -0.1) is 0 Å². The van der Waals surface area contributed by atoms with Crippen molar-refractivity contribution >= 4 is 10.8 Å². The average Bonchev–Trinajstić information content (AvgIpc) is 2.53. The van der Waals surface area contributed by atoms with Crippen LogP contribution in [0.4, 0.5) is 0 Å². The summed E-state index contributed by atoms with van der Waals surface area (Å²) in [4.78, 5) is 0. The first-order valence-corrected chi connectivity index (χ1v) is 8.48. The van der Waals surface area contributed by atoms with Gasteiger partial charge in [0.05, 0.1) is 0 Å². The summed E-state index contributed by atoms with van der Waals surface area (Å²) in [5, 5.41) is 6.46. The molecule has 0 fully saturated rings. The van der Waals surface area contributed by atoms with Crippen LogP contribution in [0, 0.1) is 5.92 Å². The van der Waals surface area contributed by atoms with Crippen LogP contribution < -0.4 is 5.32 Å². The first-order chi connectivity index (χ1) is 10.3. The summed E-state index contributed by atoms with van der Waals surface area (Å²) in [5.41, 5.74) is 1.48. The molecule has 0 heterocycles. The maximum atomic E-state index is 3.69. The van der Waals surface area contributed by atoms with Crippen molar-refractivity contribution < 1.29 is 0 Å². The van der Waals surface area contributed by atoms with Crippen LogP contribution in [0.15, 0.2) is 42.5 Å². The molecule has 0 radical (unpaired) electrons. The molecule has 0 saturated heterocycles. The van der Waals surface area contributed by atoms with Gasteiger partial charge < -0.3 is 5.32 Å². The SMILES string of the molecule is CCNC(Cc1cccc2ccccc12)CC(CC)CC. The second-order valence-corrected chi connectivity index (χ2v) is 6.02. The van der Waals surface area contributed by atoms with Crippen LogP contribution in [0.5, 0.6) is 0 Å². The van der Waals surface area contributed by atoms with E-state index in [1.54, 1.807) is 0 Å². The molecular formula is C20H29N. The van der Waals surface area contributed by atoms with E-state index in [0.29, 0.717) is 6.04 Å². The quantitative estimate of drug-likeness (QED) is 0.703. The van der Waals surface area contributed by atoms with Gasteiger partial charge in [-0.25, -0.2) is 0 Å². The molecule has 0 spiro atoms. The highest BCUT2D eigenvalue weighted by molar-refractivity contribution is 5.85. The predicted octanol–water partition coefficient (Wildman–Crippen LogP) is 5.19. The molecule has 2 rings (SSSR count). The molecule has 1 N–H and O–H groups in total. The molecule has 0 amide bonds. The highest BCUT2D eigenvalue weighted by atomic mass is 14.9. The van der Waals surface area contributed by atoms with Gasteiger partial charge in [0.2, 0.25) is 0 Å². The maximum absolute atomic E-state index is 3.69. The van der Waals surface area contributed by atoms with Crippen LogP contribution >= 0.6 is 0 Å². The largest absolute Gasteiger partial charge is 0.314 e. The van der Waals surface area contributed by atoms with E-state index in [9.17, 15) is 0 Å². The minimum Gasteiger partial charge on any atom is -0.314 e. The third-order valence-electron chi connectivity index (χ3n) is 4.61. The molecule has 0 bridgehead atoms. The summed E-state index contributed by atoms with van der Waals surface area (Å²) in [6.07, 6.45) is 4.98. The molecule has 1 nitrogen and oxygen atoms in total. The molecular weight excluding hydrogens is 254 g/mol. The van der Waals surface area contributed by atoms with Crippen molar-refractivity contribution in [3.05, 3.63) is 48.0 Å². The van der Waals surface area contributed by atoms with Gasteiger partial charge in [0.1, 0.15) is 0 Å². The normalized spacial score (nSPS) is 13.0. The van der Waals surface area contributed by atoms with Gasteiger partial charge >= 0.3 is 0 Å². The number of fused-ring (bicyclic) bond motifs is 1. The number of likely N-dealkylation sites (N-methyl/N-ethyl adjacent to an activating group) is 1. The average molecular weight is 283 g/mol. The van der Waals surface area contributed by atoms with Crippen LogP contribution in [-0.2, 0) is 6.42 Å². The Hall–Kier alpha value is -1.34. The Labute approximate surface area is 129 Å². The second kappa shape index (κ2) is 8.19. The Kier molecular flexibility index (Phi) is 6.25. The lowest BCUT2D eigenvalue weighted by Gasteiger charge is -2.23. The minimum atomic E-state index is 0.589. The highest BCUT2D eigenvalue weighted by Gasteiger charge is 2.15. The van der Waals surface area contributed by atoms with E-state index in [4.69, 9.17) is 0 Å². The van der Waals surface area contributed by atoms with E-state index >= 15 is 0 Å². The van der Waals surface area contributed by atoms with Crippen LogP contribution in [-0.4, -0.2) is 12.6 Å². The van der Waals surface area contributed by atoms with E-state index in [-0.39, 0.29) is 0 Å². The van der Waals surface area contributed by atoms with E-state index in [2.05, 4.69) is 68.6 Å². The van der Waals surface area contributed by atoms with Crippen molar-refractivity contribution in [2.45, 2.75) is 52.5 Å². The maximum Gasteiger partial charge on any atom is 0.0110 e. The van der Waals surface area contributed by atoms with Gasteiger partial charge in [-0.2, -0.15) is 0 Å². The minimum absolute atomic E-state index is 0.589. The summed E-state index contributed by atoms with van der Waals surface area (Å²) >= 11 is 0. The van der Waals surface area contributed by atoms with Gasteiger partial charge in [-0.3, -0.25) is 0 Å². The Morgan fingerprint density at radius 2 is 1.62 bits per heavy atom.